The Morgan fingerprint density at radius 1 is 1.10 bits per heavy atom. The highest BCUT2D eigenvalue weighted by atomic mass is 16.1. The van der Waals surface area contributed by atoms with Crippen LogP contribution in [0.15, 0.2) is 4.99 Å². The van der Waals surface area contributed by atoms with Crippen molar-refractivity contribution in [1.29, 1.82) is 0 Å². The van der Waals surface area contributed by atoms with Gasteiger partial charge >= 0.3 is 0 Å². The van der Waals surface area contributed by atoms with Gasteiger partial charge in [0.15, 0.2) is 0 Å². The number of carbonyl (C=O) groups excluding carboxylic acids is 1. The molecule has 0 spiro atoms. The highest BCUT2D eigenvalue weighted by Crippen LogP contribution is 2.18. The van der Waals surface area contributed by atoms with Crippen LogP contribution in [-0.2, 0) is 4.79 Å². The summed E-state index contributed by atoms with van der Waals surface area (Å²) in [6.45, 7) is 0. The molecule has 0 aromatic rings. The average molecular weight is 139 g/mol. The second-order valence-electron chi connectivity index (χ2n) is 2.87. The summed E-state index contributed by atoms with van der Waals surface area (Å²) in [5, 5.41) is 0. The SMILES string of the molecule is O=C=NC1CCCCCC1. The van der Waals surface area contributed by atoms with Crippen molar-refractivity contribution < 1.29 is 4.79 Å². The van der Waals surface area contributed by atoms with E-state index in [1.54, 1.807) is 6.08 Å². The molecule has 1 fully saturated rings. The molecule has 56 valence electrons. The highest BCUT2D eigenvalue weighted by molar-refractivity contribution is 5.33. The van der Waals surface area contributed by atoms with Gasteiger partial charge in [0.05, 0.1) is 6.04 Å². The van der Waals surface area contributed by atoms with Crippen LogP contribution in [0.3, 0.4) is 0 Å². The summed E-state index contributed by atoms with van der Waals surface area (Å²) in [6, 6.07) is 0.292. The van der Waals surface area contributed by atoms with E-state index in [0.29, 0.717) is 6.04 Å². The first kappa shape index (κ1) is 7.49. The van der Waals surface area contributed by atoms with Gasteiger partial charge in [0.1, 0.15) is 0 Å². The Bertz CT molecular complexity index is 130. The van der Waals surface area contributed by atoms with E-state index in [-0.39, 0.29) is 0 Å². The first-order chi connectivity index (χ1) is 4.93. The van der Waals surface area contributed by atoms with E-state index >= 15 is 0 Å². The van der Waals surface area contributed by atoms with E-state index in [1.165, 1.54) is 25.7 Å². The van der Waals surface area contributed by atoms with Crippen LogP contribution in [-0.4, -0.2) is 12.1 Å². The smallest absolute Gasteiger partial charge is 0.211 e. The van der Waals surface area contributed by atoms with Crippen molar-refractivity contribution >= 4 is 6.08 Å². The van der Waals surface area contributed by atoms with Crippen molar-refractivity contribution in [3.05, 3.63) is 0 Å². The minimum atomic E-state index is 0.292. The molecule has 2 heteroatoms. The first-order valence-electron chi connectivity index (χ1n) is 4.00. The standard InChI is InChI=1S/C8H13NO/c10-7-9-8-5-3-1-2-4-6-8/h8H,1-6H2. The molecule has 0 amide bonds. The summed E-state index contributed by atoms with van der Waals surface area (Å²) in [6.07, 6.45) is 8.91. The van der Waals surface area contributed by atoms with Crippen molar-refractivity contribution in [1.82, 2.24) is 0 Å². The van der Waals surface area contributed by atoms with Crippen molar-refractivity contribution in [2.45, 2.75) is 44.6 Å². The Morgan fingerprint density at radius 3 is 2.20 bits per heavy atom. The summed E-state index contributed by atoms with van der Waals surface area (Å²) in [5.74, 6) is 0. The molecule has 0 atom stereocenters. The number of isocyanates is 1. The van der Waals surface area contributed by atoms with Gasteiger partial charge in [-0.2, -0.15) is 0 Å². The molecule has 0 radical (unpaired) electrons. The summed E-state index contributed by atoms with van der Waals surface area (Å²) < 4.78 is 0. The first-order valence-corrected chi connectivity index (χ1v) is 4.00. The maximum Gasteiger partial charge on any atom is 0.235 e. The predicted octanol–water partition coefficient (Wildman–Crippen LogP) is 2.04. The predicted molar refractivity (Wildman–Crippen MR) is 39.6 cm³/mol. The Hall–Kier alpha value is -0.620. The zero-order chi connectivity index (χ0) is 7.23. The number of aliphatic imine (C=N–C) groups is 1. The third kappa shape index (κ3) is 2.32. The Morgan fingerprint density at radius 2 is 1.70 bits per heavy atom. The lowest BCUT2D eigenvalue weighted by Crippen LogP contribution is -2.00. The molecular weight excluding hydrogens is 126 g/mol. The Balaban J connectivity index is 2.34. The molecule has 0 unspecified atom stereocenters. The molecular formula is C8H13NO. The lowest BCUT2D eigenvalue weighted by Gasteiger charge is -2.02. The van der Waals surface area contributed by atoms with E-state index in [4.69, 9.17) is 0 Å². The topological polar surface area (TPSA) is 29.4 Å². The lowest BCUT2D eigenvalue weighted by atomic mass is 10.1. The second kappa shape index (κ2) is 4.24. The van der Waals surface area contributed by atoms with Crippen molar-refractivity contribution in [3.63, 3.8) is 0 Å². The molecule has 0 N–H and O–H groups in total. The zero-order valence-corrected chi connectivity index (χ0v) is 6.18. The van der Waals surface area contributed by atoms with Gasteiger partial charge in [0.25, 0.3) is 0 Å². The molecule has 0 aromatic heterocycles. The minimum absolute atomic E-state index is 0.292. The van der Waals surface area contributed by atoms with Gasteiger partial charge in [-0.1, -0.05) is 25.7 Å². The van der Waals surface area contributed by atoms with E-state index in [1.807, 2.05) is 0 Å². The van der Waals surface area contributed by atoms with Gasteiger partial charge in [0, 0.05) is 0 Å². The molecule has 2 nitrogen and oxygen atoms in total. The lowest BCUT2D eigenvalue weighted by molar-refractivity contribution is 0.541. The maximum absolute atomic E-state index is 9.89. The van der Waals surface area contributed by atoms with E-state index in [0.717, 1.165) is 12.8 Å². The molecule has 1 aliphatic carbocycles. The third-order valence-electron chi connectivity index (χ3n) is 2.06. The van der Waals surface area contributed by atoms with Crippen LogP contribution in [0.5, 0.6) is 0 Å². The average Bonchev–Trinajstić information content (AvgIpc) is 2.17. The summed E-state index contributed by atoms with van der Waals surface area (Å²) in [4.78, 5) is 13.6. The van der Waals surface area contributed by atoms with Gasteiger partial charge in [-0.3, -0.25) is 0 Å². The highest BCUT2D eigenvalue weighted by Gasteiger charge is 2.09. The van der Waals surface area contributed by atoms with Crippen LogP contribution in [0.2, 0.25) is 0 Å². The maximum atomic E-state index is 9.89. The molecule has 1 aliphatic rings. The van der Waals surface area contributed by atoms with Crippen molar-refractivity contribution in [2.75, 3.05) is 0 Å². The number of hydrogen-bond acceptors (Lipinski definition) is 2. The minimum Gasteiger partial charge on any atom is -0.211 e. The molecule has 0 bridgehead atoms. The molecule has 1 saturated carbocycles. The van der Waals surface area contributed by atoms with Crippen LogP contribution in [0.25, 0.3) is 0 Å². The fourth-order valence-corrected chi connectivity index (χ4v) is 1.46. The van der Waals surface area contributed by atoms with E-state index in [9.17, 15) is 4.79 Å². The van der Waals surface area contributed by atoms with Crippen LogP contribution < -0.4 is 0 Å². The van der Waals surface area contributed by atoms with Gasteiger partial charge < -0.3 is 0 Å². The zero-order valence-electron chi connectivity index (χ0n) is 6.18. The van der Waals surface area contributed by atoms with E-state index < -0.39 is 0 Å². The Labute approximate surface area is 61.3 Å². The Kier molecular flexibility index (Phi) is 3.17. The monoisotopic (exact) mass is 139 g/mol. The van der Waals surface area contributed by atoms with Crippen LogP contribution >= 0.6 is 0 Å². The molecule has 0 saturated heterocycles. The van der Waals surface area contributed by atoms with Crippen LogP contribution in [0.4, 0.5) is 0 Å². The number of nitrogens with zero attached hydrogens (tertiary/aromatic N) is 1. The molecule has 0 aromatic carbocycles. The fraction of sp³-hybridized carbons (Fsp3) is 0.875. The molecule has 10 heavy (non-hydrogen) atoms. The van der Waals surface area contributed by atoms with Crippen LogP contribution in [0, 0.1) is 0 Å². The third-order valence-corrected chi connectivity index (χ3v) is 2.06. The number of hydrogen-bond donors (Lipinski definition) is 0. The largest absolute Gasteiger partial charge is 0.235 e. The molecule has 1 rings (SSSR count). The van der Waals surface area contributed by atoms with Gasteiger partial charge in [-0.15, -0.1) is 0 Å². The summed E-state index contributed by atoms with van der Waals surface area (Å²) >= 11 is 0. The van der Waals surface area contributed by atoms with Crippen LogP contribution in [0.1, 0.15) is 38.5 Å². The summed E-state index contributed by atoms with van der Waals surface area (Å²) in [7, 11) is 0. The number of rotatable bonds is 1. The van der Waals surface area contributed by atoms with Crippen molar-refractivity contribution in [3.8, 4) is 0 Å². The molecule has 0 aliphatic heterocycles. The normalized spacial score (nSPS) is 21.2. The van der Waals surface area contributed by atoms with Crippen molar-refractivity contribution in [2.24, 2.45) is 4.99 Å². The quantitative estimate of drug-likeness (QED) is 0.310. The van der Waals surface area contributed by atoms with Gasteiger partial charge in [0.2, 0.25) is 6.08 Å². The second-order valence-corrected chi connectivity index (χ2v) is 2.87. The fourth-order valence-electron chi connectivity index (χ4n) is 1.46. The van der Waals surface area contributed by atoms with Gasteiger partial charge in [-0.05, 0) is 12.8 Å². The molecule has 0 heterocycles. The summed E-state index contributed by atoms with van der Waals surface area (Å²) in [5.41, 5.74) is 0. The van der Waals surface area contributed by atoms with E-state index in [2.05, 4.69) is 4.99 Å². The van der Waals surface area contributed by atoms with Gasteiger partial charge in [-0.25, -0.2) is 9.79 Å².